The molecule has 2 aromatic heterocycles. The van der Waals surface area contributed by atoms with Gasteiger partial charge in [0, 0.05) is 34.4 Å². The van der Waals surface area contributed by atoms with Crippen LogP contribution in [-0.4, -0.2) is 22.3 Å². The standard InChI is InChI=1S/C12H13BrN4O2S/c1-3-17(14-6-9-4-8(13)7-20-9)10-5-11(18)16(2)12(19)15-10/h4-7H,3H2,1-2H3,(H,15,19)/b14-6-. The Morgan fingerprint density at radius 1 is 1.50 bits per heavy atom. The van der Waals surface area contributed by atoms with Crippen LogP contribution >= 0.6 is 27.3 Å². The molecule has 0 spiro atoms. The van der Waals surface area contributed by atoms with E-state index in [2.05, 4.69) is 26.0 Å². The van der Waals surface area contributed by atoms with Gasteiger partial charge in [0.05, 0.1) is 6.21 Å². The zero-order valence-electron chi connectivity index (χ0n) is 11.0. The number of hydrazone groups is 1. The van der Waals surface area contributed by atoms with Crippen molar-refractivity contribution in [2.75, 3.05) is 11.6 Å². The lowest BCUT2D eigenvalue weighted by Crippen LogP contribution is -2.34. The van der Waals surface area contributed by atoms with E-state index in [-0.39, 0.29) is 5.56 Å². The van der Waals surface area contributed by atoms with Crippen molar-refractivity contribution in [2.24, 2.45) is 12.1 Å². The molecular formula is C12H13BrN4O2S. The number of halogens is 1. The molecule has 0 saturated carbocycles. The molecule has 0 fully saturated rings. The molecule has 0 radical (unpaired) electrons. The highest BCUT2D eigenvalue weighted by molar-refractivity contribution is 9.10. The smallest absolute Gasteiger partial charge is 0.292 e. The molecule has 0 atom stereocenters. The van der Waals surface area contributed by atoms with Crippen molar-refractivity contribution in [1.82, 2.24) is 9.55 Å². The molecule has 20 heavy (non-hydrogen) atoms. The second-order valence-electron chi connectivity index (χ2n) is 3.98. The van der Waals surface area contributed by atoms with Crippen LogP contribution in [-0.2, 0) is 7.05 Å². The second kappa shape index (κ2) is 6.19. The Kier molecular flexibility index (Phi) is 4.56. The van der Waals surface area contributed by atoms with E-state index in [0.717, 1.165) is 13.9 Å². The van der Waals surface area contributed by atoms with Gasteiger partial charge >= 0.3 is 5.69 Å². The number of nitrogens with one attached hydrogen (secondary N) is 1. The van der Waals surface area contributed by atoms with Crippen molar-refractivity contribution in [3.63, 3.8) is 0 Å². The van der Waals surface area contributed by atoms with E-state index in [1.807, 2.05) is 18.4 Å². The number of H-pyrrole nitrogens is 1. The molecule has 0 aliphatic carbocycles. The van der Waals surface area contributed by atoms with E-state index in [4.69, 9.17) is 0 Å². The lowest BCUT2D eigenvalue weighted by Gasteiger charge is -2.15. The fourth-order valence-electron chi connectivity index (χ4n) is 1.52. The van der Waals surface area contributed by atoms with Crippen LogP contribution < -0.4 is 16.3 Å². The van der Waals surface area contributed by atoms with Gasteiger partial charge in [-0.15, -0.1) is 11.3 Å². The number of anilines is 1. The van der Waals surface area contributed by atoms with E-state index < -0.39 is 5.69 Å². The minimum absolute atomic E-state index is 0.365. The largest absolute Gasteiger partial charge is 0.329 e. The van der Waals surface area contributed by atoms with Gasteiger partial charge in [-0.3, -0.25) is 14.3 Å². The van der Waals surface area contributed by atoms with Gasteiger partial charge in [0.2, 0.25) is 0 Å². The third-order valence-electron chi connectivity index (χ3n) is 2.62. The first kappa shape index (κ1) is 14.7. The molecule has 8 heteroatoms. The van der Waals surface area contributed by atoms with Crippen LogP contribution in [0.1, 0.15) is 11.8 Å². The summed E-state index contributed by atoms with van der Waals surface area (Å²) in [6.45, 7) is 2.42. The summed E-state index contributed by atoms with van der Waals surface area (Å²) in [6, 6.07) is 3.29. The molecule has 0 aliphatic rings. The first-order valence-corrected chi connectivity index (χ1v) is 7.54. The maximum atomic E-state index is 11.6. The normalized spacial score (nSPS) is 11.2. The molecule has 106 valence electrons. The minimum Gasteiger partial charge on any atom is -0.292 e. The number of hydrogen-bond donors (Lipinski definition) is 1. The van der Waals surface area contributed by atoms with Crippen LogP contribution in [0.2, 0.25) is 0 Å². The van der Waals surface area contributed by atoms with E-state index in [1.165, 1.54) is 13.1 Å². The Morgan fingerprint density at radius 2 is 2.25 bits per heavy atom. The molecule has 0 aromatic carbocycles. The van der Waals surface area contributed by atoms with Crippen LogP contribution in [0.5, 0.6) is 0 Å². The van der Waals surface area contributed by atoms with Gasteiger partial charge in [0.1, 0.15) is 5.82 Å². The van der Waals surface area contributed by atoms with Crippen molar-refractivity contribution in [1.29, 1.82) is 0 Å². The predicted octanol–water partition coefficient (Wildman–Crippen LogP) is 1.76. The molecule has 0 saturated heterocycles. The maximum absolute atomic E-state index is 11.6. The third-order valence-corrected chi connectivity index (χ3v) is 4.25. The Morgan fingerprint density at radius 3 is 2.80 bits per heavy atom. The Bertz CT molecular complexity index is 715. The average molecular weight is 357 g/mol. The number of thiophene rings is 1. The summed E-state index contributed by atoms with van der Waals surface area (Å²) < 4.78 is 2.01. The van der Waals surface area contributed by atoms with Gasteiger partial charge in [0.25, 0.3) is 5.56 Å². The second-order valence-corrected chi connectivity index (χ2v) is 5.84. The summed E-state index contributed by atoms with van der Waals surface area (Å²) in [5, 5.41) is 7.81. The van der Waals surface area contributed by atoms with E-state index in [0.29, 0.717) is 12.4 Å². The van der Waals surface area contributed by atoms with Crippen LogP contribution in [0.15, 0.2) is 36.7 Å². The SMILES string of the molecule is CCN(/N=C\c1cc(Br)cs1)c1cc(=O)n(C)c(=O)[nH]1. The molecule has 6 nitrogen and oxygen atoms in total. The number of nitrogens with zero attached hydrogens (tertiary/aromatic N) is 3. The molecule has 0 aliphatic heterocycles. The van der Waals surface area contributed by atoms with Crippen LogP contribution in [0.3, 0.4) is 0 Å². The van der Waals surface area contributed by atoms with Crippen molar-refractivity contribution in [3.05, 3.63) is 47.7 Å². The lowest BCUT2D eigenvalue weighted by atomic mass is 10.5. The number of hydrogen-bond acceptors (Lipinski definition) is 5. The predicted molar refractivity (Wildman–Crippen MR) is 84.9 cm³/mol. The Hall–Kier alpha value is -1.67. The highest BCUT2D eigenvalue weighted by Gasteiger charge is 2.06. The first-order valence-electron chi connectivity index (χ1n) is 5.87. The van der Waals surface area contributed by atoms with Gasteiger partial charge in [-0.25, -0.2) is 9.80 Å². The summed E-state index contributed by atoms with van der Waals surface area (Å²) in [5.74, 6) is 0.382. The molecule has 0 unspecified atom stereocenters. The van der Waals surface area contributed by atoms with Crippen LogP contribution in [0.4, 0.5) is 5.82 Å². The molecular weight excluding hydrogens is 344 g/mol. The zero-order valence-corrected chi connectivity index (χ0v) is 13.4. The van der Waals surface area contributed by atoms with Crippen molar-refractivity contribution >= 4 is 39.3 Å². The number of aromatic amines is 1. The summed E-state index contributed by atoms with van der Waals surface area (Å²) in [5.41, 5.74) is -0.823. The summed E-state index contributed by atoms with van der Waals surface area (Å²) in [6.07, 6.45) is 1.69. The zero-order chi connectivity index (χ0) is 14.7. The lowest BCUT2D eigenvalue weighted by molar-refractivity contribution is 0.756. The van der Waals surface area contributed by atoms with Gasteiger partial charge in [-0.1, -0.05) is 0 Å². The highest BCUT2D eigenvalue weighted by Crippen LogP contribution is 2.18. The molecule has 2 heterocycles. The summed E-state index contributed by atoms with van der Waals surface area (Å²) in [4.78, 5) is 26.8. The van der Waals surface area contributed by atoms with E-state index >= 15 is 0 Å². The Balaban J connectivity index is 2.31. The molecule has 2 rings (SSSR count). The van der Waals surface area contributed by atoms with Crippen LogP contribution in [0.25, 0.3) is 0 Å². The monoisotopic (exact) mass is 356 g/mol. The van der Waals surface area contributed by atoms with Gasteiger partial charge in [-0.05, 0) is 28.9 Å². The summed E-state index contributed by atoms with van der Waals surface area (Å²) >= 11 is 4.92. The topological polar surface area (TPSA) is 70.5 Å². The number of aromatic nitrogens is 2. The molecule has 0 amide bonds. The van der Waals surface area contributed by atoms with Gasteiger partial charge in [0.15, 0.2) is 0 Å². The van der Waals surface area contributed by atoms with Crippen molar-refractivity contribution in [3.8, 4) is 0 Å². The molecule has 0 bridgehead atoms. The third kappa shape index (κ3) is 3.26. The van der Waals surface area contributed by atoms with Crippen LogP contribution in [0, 0.1) is 0 Å². The molecule has 1 N–H and O–H groups in total. The fourth-order valence-corrected chi connectivity index (χ4v) is 2.82. The minimum atomic E-state index is -0.458. The van der Waals surface area contributed by atoms with Crippen molar-refractivity contribution in [2.45, 2.75) is 6.92 Å². The van der Waals surface area contributed by atoms with Crippen molar-refractivity contribution < 1.29 is 0 Å². The van der Waals surface area contributed by atoms with Gasteiger partial charge in [-0.2, -0.15) is 5.10 Å². The average Bonchev–Trinajstić information content (AvgIpc) is 2.82. The summed E-state index contributed by atoms with van der Waals surface area (Å²) in [7, 11) is 1.42. The first-order chi connectivity index (χ1) is 9.51. The molecule has 2 aromatic rings. The Labute approximate surface area is 127 Å². The quantitative estimate of drug-likeness (QED) is 0.670. The van der Waals surface area contributed by atoms with E-state index in [1.54, 1.807) is 22.6 Å². The highest BCUT2D eigenvalue weighted by atomic mass is 79.9. The van der Waals surface area contributed by atoms with Gasteiger partial charge < -0.3 is 0 Å². The maximum Gasteiger partial charge on any atom is 0.329 e. The van der Waals surface area contributed by atoms with E-state index in [9.17, 15) is 9.59 Å². The number of rotatable bonds is 4. The fraction of sp³-hybridized carbons (Fsp3) is 0.250.